The number of carbonyl (C=O) groups is 1. The maximum atomic E-state index is 11.8. The lowest BCUT2D eigenvalue weighted by Crippen LogP contribution is -2.29. The van der Waals surface area contributed by atoms with E-state index >= 15 is 0 Å². The van der Waals surface area contributed by atoms with Crippen LogP contribution in [0.3, 0.4) is 0 Å². The van der Waals surface area contributed by atoms with Crippen molar-refractivity contribution in [1.29, 1.82) is 0 Å². The summed E-state index contributed by atoms with van der Waals surface area (Å²) in [6.45, 7) is 1.08. The van der Waals surface area contributed by atoms with Gasteiger partial charge in [0.25, 0.3) is 5.91 Å². The largest absolute Gasteiger partial charge is 0.497 e. The second kappa shape index (κ2) is 5.27. The Hall–Kier alpha value is -1.75. The number of nitrogens with two attached hydrogens (primary N) is 1. The standard InChI is InChI=1S/C13H18N2O3/c1-15-6-5-12(13(15)16)18-11-4-3-10(17-2)7-9(11)8-14/h3-4,7,12H,5-6,8,14H2,1-2H3. The molecule has 0 saturated carbocycles. The lowest BCUT2D eigenvalue weighted by atomic mass is 10.2. The predicted octanol–water partition coefficient (Wildman–Crippen LogP) is 0.763. The Kier molecular flexibility index (Phi) is 3.72. The van der Waals surface area contributed by atoms with Crippen LogP contribution >= 0.6 is 0 Å². The maximum Gasteiger partial charge on any atom is 0.263 e. The van der Waals surface area contributed by atoms with E-state index in [1.807, 2.05) is 6.07 Å². The Balaban J connectivity index is 2.16. The van der Waals surface area contributed by atoms with Crippen LogP contribution in [0.2, 0.25) is 0 Å². The summed E-state index contributed by atoms with van der Waals surface area (Å²) in [7, 11) is 3.38. The van der Waals surface area contributed by atoms with Gasteiger partial charge in [-0.15, -0.1) is 0 Å². The maximum absolute atomic E-state index is 11.8. The molecule has 1 atom stereocenters. The number of methoxy groups -OCH3 is 1. The second-order valence-electron chi connectivity index (χ2n) is 4.33. The van der Waals surface area contributed by atoms with Crippen molar-refractivity contribution in [2.45, 2.75) is 19.1 Å². The molecule has 1 heterocycles. The van der Waals surface area contributed by atoms with Gasteiger partial charge < -0.3 is 20.1 Å². The molecule has 0 aliphatic carbocycles. The summed E-state index contributed by atoms with van der Waals surface area (Å²) in [6.07, 6.45) is 0.319. The van der Waals surface area contributed by atoms with Crippen molar-refractivity contribution in [3.05, 3.63) is 23.8 Å². The summed E-state index contributed by atoms with van der Waals surface area (Å²) in [6, 6.07) is 5.43. The first kappa shape index (κ1) is 12.7. The molecular formula is C13H18N2O3. The Labute approximate surface area is 106 Å². The summed E-state index contributed by atoms with van der Waals surface area (Å²) >= 11 is 0. The molecule has 1 aliphatic heterocycles. The Morgan fingerprint density at radius 2 is 2.28 bits per heavy atom. The van der Waals surface area contributed by atoms with E-state index in [4.69, 9.17) is 15.2 Å². The molecule has 5 heteroatoms. The SMILES string of the molecule is COc1ccc(OC2CCN(C)C2=O)c(CN)c1. The molecule has 1 aliphatic rings. The van der Waals surface area contributed by atoms with Gasteiger partial charge in [0.05, 0.1) is 7.11 Å². The van der Waals surface area contributed by atoms with Gasteiger partial charge in [-0.1, -0.05) is 0 Å². The molecule has 0 spiro atoms. The van der Waals surface area contributed by atoms with Gasteiger partial charge in [-0.3, -0.25) is 4.79 Å². The molecule has 0 radical (unpaired) electrons. The summed E-state index contributed by atoms with van der Waals surface area (Å²) in [4.78, 5) is 13.5. The molecule has 1 aromatic rings. The van der Waals surface area contributed by atoms with Crippen molar-refractivity contribution < 1.29 is 14.3 Å². The molecule has 0 bridgehead atoms. The first-order chi connectivity index (χ1) is 8.65. The van der Waals surface area contributed by atoms with Gasteiger partial charge in [-0.25, -0.2) is 0 Å². The number of ether oxygens (including phenoxy) is 2. The number of rotatable bonds is 4. The van der Waals surface area contributed by atoms with E-state index in [-0.39, 0.29) is 5.91 Å². The zero-order valence-electron chi connectivity index (χ0n) is 10.7. The van der Waals surface area contributed by atoms with E-state index in [9.17, 15) is 4.79 Å². The monoisotopic (exact) mass is 250 g/mol. The van der Waals surface area contributed by atoms with E-state index in [2.05, 4.69) is 0 Å². The van der Waals surface area contributed by atoms with Gasteiger partial charge in [0, 0.05) is 32.1 Å². The van der Waals surface area contributed by atoms with Crippen LogP contribution in [-0.2, 0) is 11.3 Å². The normalized spacial score (nSPS) is 19.2. The van der Waals surface area contributed by atoms with Crippen LogP contribution in [0.5, 0.6) is 11.5 Å². The highest BCUT2D eigenvalue weighted by Gasteiger charge is 2.31. The third-order valence-corrected chi connectivity index (χ3v) is 3.14. The third kappa shape index (κ3) is 2.41. The van der Waals surface area contributed by atoms with Gasteiger partial charge in [-0.05, 0) is 18.2 Å². The van der Waals surface area contributed by atoms with E-state index in [1.54, 1.807) is 31.2 Å². The van der Waals surface area contributed by atoms with Gasteiger partial charge in [-0.2, -0.15) is 0 Å². The predicted molar refractivity (Wildman–Crippen MR) is 67.6 cm³/mol. The molecular weight excluding hydrogens is 232 g/mol. The average molecular weight is 250 g/mol. The minimum Gasteiger partial charge on any atom is -0.497 e. The fourth-order valence-corrected chi connectivity index (χ4v) is 2.01. The molecule has 98 valence electrons. The van der Waals surface area contributed by atoms with Gasteiger partial charge in [0.2, 0.25) is 0 Å². The first-order valence-corrected chi connectivity index (χ1v) is 5.94. The Bertz CT molecular complexity index is 448. The van der Waals surface area contributed by atoms with Crippen molar-refractivity contribution in [2.24, 2.45) is 5.73 Å². The topological polar surface area (TPSA) is 64.8 Å². The van der Waals surface area contributed by atoms with E-state index in [0.717, 1.165) is 17.9 Å². The van der Waals surface area contributed by atoms with E-state index in [0.29, 0.717) is 18.7 Å². The van der Waals surface area contributed by atoms with Crippen LogP contribution in [-0.4, -0.2) is 37.6 Å². The van der Waals surface area contributed by atoms with Gasteiger partial charge >= 0.3 is 0 Å². The minimum atomic E-state index is -0.395. The minimum absolute atomic E-state index is 0.0220. The number of amides is 1. The third-order valence-electron chi connectivity index (χ3n) is 3.14. The Morgan fingerprint density at radius 3 is 2.83 bits per heavy atom. The van der Waals surface area contributed by atoms with Crippen molar-refractivity contribution in [1.82, 2.24) is 4.90 Å². The second-order valence-corrected chi connectivity index (χ2v) is 4.33. The lowest BCUT2D eigenvalue weighted by molar-refractivity contribution is -0.132. The van der Waals surface area contributed by atoms with Crippen LogP contribution in [0.25, 0.3) is 0 Å². The van der Waals surface area contributed by atoms with Crippen LogP contribution in [0.4, 0.5) is 0 Å². The highest BCUT2D eigenvalue weighted by Crippen LogP contribution is 2.26. The highest BCUT2D eigenvalue weighted by molar-refractivity contribution is 5.83. The molecule has 1 fully saturated rings. The highest BCUT2D eigenvalue weighted by atomic mass is 16.5. The average Bonchev–Trinajstić information content (AvgIpc) is 2.71. The fourth-order valence-electron chi connectivity index (χ4n) is 2.01. The van der Waals surface area contributed by atoms with Crippen LogP contribution in [0, 0.1) is 0 Å². The van der Waals surface area contributed by atoms with Crippen LogP contribution in [0.1, 0.15) is 12.0 Å². The number of likely N-dealkylation sites (N-methyl/N-ethyl adjacent to an activating group) is 1. The number of benzene rings is 1. The molecule has 18 heavy (non-hydrogen) atoms. The summed E-state index contributed by atoms with van der Waals surface area (Å²) in [5.74, 6) is 1.42. The fraction of sp³-hybridized carbons (Fsp3) is 0.462. The summed E-state index contributed by atoms with van der Waals surface area (Å²) < 4.78 is 10.9. The first-order valence-electron chi connectivity index (χ1n) is 5.94. The molecule has 2 N–H and O–H groups in total. The molecule has 5 nitrogen and oxygen atoms in total. The van der Waals surface area contributed by atoms with Crippen molar-refractivity contribution >= 4 is 5.91 Å². The molecule has 1 aromatic carbocycles. The lowest BCUT2D eigenvalue weighted by Gasteiger charge is -2.16. The molecule has 1 saturated heterocycles. The number of likely N-dealkylation sites (tertiary alicyclic amines) is 1. The van der Waals surface area contributed by atoms with Crippen molar-refractivity contribution in [2.75, 3.05) is 20.7 Å². The van der Waals surface area contributed by atoms with E-state index in [1.165, 1.54) is 0 Å². The van der Waals surface area contributed by atoms with Crippen molar-refractivity contribution in [3.8, 4) is 11.5 Å². The van der Waals surface area contributed by atoms with Crippen LogP contribution in [0.15, 0.2) is 18.2 Å². The van der Waals surface area contributed by atoms with E-state index < -0.39 is 6.10 Å². The number of nitrogens with zero attached hydrogens (tertiary/aromatic N) is 1. The molecule has 0 aromatic heterocycles. The van der Waals surface area contributed by atoms with Gasteiger partial charge in [0.1, 0.15) is 11.5 Å². The zero-order chi connectivity index (χ0) is 13.1. The quantitative estimate of drug-likeness (QED) is 0.857. The van der Waals surface area contributed by atoms with Crippen molar-refractivity contribution in [3.63, 3.8) is 0 Å². The molecule has 2 rings (SSSR count). The number of hydrogen-bond acceptors (Lipinski definition) is 4. The van der Waals surface area contributed by atoms with Gasteiger partial charge in [0.15, 0.2) is 6.10 Å². The molecule has 1 unspecified atom stereocenters. The molecule has 1 amide bonds. The summed E-state index contributed by atoms with van der Waals surface area (Å²) in [5, 5.41) is 0. The smallest absolute Gasteiger partial charge is 0.263 e. The zero-order valence-corrected chi connectivity index (χ0v) is 10.7. The Morgan fingerprint density at radius 1 is 1.50 bits per heavy atom. The number of hydrogen-bond donors (Lipinski definition) is 1. The summed E-state index contributed by atoms with van der Waals surface area (Å²) in [5.41, 5.74) is 6.52. The number of carbonyl (C=O) groups excluding carboxylic acids is 1. The van der Waals surface area contributed by atoms with Crippen LogP contribution < -0.4 is 15.2 Å².